The lowest BCUT2D eigenvalue weighted by molar-refractivity contribution is -0.121. The first-order valence-corrected chi connectivity index (χ1v) is 12.1. The molecule has 0 aromatic heterocycles. The standard InChI is InChI=1S/C25H28N4O3S/c1-17-8-10-18(11-9-17)16-26-23(31)19-6-5-7-20(14-19)27-22(30)15-21-24(32)28-25(33-21)29-12-3-2-4-13-29/h5-11,14,21H,2-4,12-13,15-16H2,1H3,(H,26,31)(H,27,30)/t21-/m0/s1. The van der Waals surface area contributed by atoms with E-state index in [2.05, 4.69) is 20.5 Å². The van der Waals surface area contributed by atoms with Gasteiger partial charge in [-0.3, -0.25) is 14.4 Å². The van der Waals surface area contributed by atoms with E-state index in [1.807, 2.05) is 31.2 Å². The van der Waals surface area contributed by atoms with Gasteiger partial charge in [-0.2, -0.15) is 4.99 Å². The van der Waals surface area contributed by atoms with Crippen LogP contribution in [-0.2, 0) is 16.1 Å². The highest BCUT2D eigenvalue weighted by Gasteiger charge is 2.33. The van der Waals surface area contributed by atoms with Crippen molar-refractivity contribution in [1.29, 1.82) is 0 Å². The lowest BCUT2D eigenvalue weighted by Crippen LogP contribution is -2.33. The number of nitrogens with one attached hydrogen (secondary N) is 2. The first-order chi connectivity index (χ1) is 16.0. The van der Waals surface area contributed by atoms with Crippen molar-refractivity contribution in [2.24, 2.45) is 4.99 Å². The molecule has 7 nitrogen and oxygen atoms in total. The number of anilines is 1. The van der Waals surface area contributed by atoms with Gasteiger partial charge in [0.05, 0.1) is 0 Å². The average Bonchev–Trinajstić information content (AvgIpc) is 3.19. The monoisotopic (exact) mass is 464 g/mol. The van der Waals surface area contributed by atoms with Crippen molar-refractivity contribution in [2.75, 3.05) is 18.4 Å². The van der Waals surface area contributed by atoms with Crippen LogP contribution in [0.5, 0.6) is 0 Å². The average molecular weight is 465 g/mol. The van der Waals surface area contributed by atoms with Crippen molar-refractivity contribution in [1.82, 2.24) is 10.2 Å². The summed E-state index contributed by atoms with van der Waals surface area (Å²) in [5, 5.41) is 5.95. The molecule has 0 unspecified atom stereocenters. The summed E-state index contributed by atoms with van der Waals surface area (Å²) in [6, 6.07) is 14.8. The van der Waals surface area contributed by atoms with E-state index in [1.54, 1.807) is 24.3 Å². The number of amidine groups is 1. The summed E-state index contributed by atoms with van der Waals surface area (Å²) in [6.07, 6.45) is 3.47. The Labute approximate surface area is 198 Å². The molecule has 8 heteroatoms. The first kappa shape index (κ1) is 23.0. The molecule has 2 aromatic carbocycles. The number of hydrogen-bond acceptors (Lipinski definition) is 5. The Morgan fingerprint density at radius 1 is 1.09 bits per heavy atom. The van der Waals surface area contributed by atoms with Crippen molar-refractivity contribution < 1.29 is 14.4 Å². The number of rotatable bonds is 6. The number of carbonyl (C=O) groups excluding carboxylic acids is 3. The van der Waals surface area contributed by atoms with Crippen LogP contribution < -0.4 is 10.6 Å². The fraction of sp³-hybridized carbons (Fsp3) is 0.360. The van der Waals surface area contributed by atoms with Gasteiger partial charge in [-0.25, -0.2) is 0 Å². The normalized spacial score (nSPS) is 18.1. The maximum atomic E-state index is 12.6. The van der Waals surface area contributed by atoms with Crippen LogP contribution in [0.1, 0.15) is 47.2 Å². The van der Waals surface area contributed by atoms with E-state index in [0.29, 0.717) is 17.8 Å². The molecule has 0 aliphatic carbocycles. The highest BCUT2D eigenvalue weighted by atomic mass is 32.2. The van der Waals surface area contributed by atoms with Crippen molar-refractivity contribution in [3.05, 3.63) is 65.2 Å². The Hall–Kier alpha value is -3.13. The number of piperidine rings is 1. The molecule has 0 radical (unpaired) electrons. The molecule has 2 aliphatic heterocycles. The van der Waals surface area contributed by atoms with Gasteiger partial charge in [-0.05, 0) is 49.9 Å². The van der Waals surface area contributed by atoms with E-state index in [1.165, 1.54) is 23.7 Å². The number of amides is 3. The Balaban J connectivity index is 1.29. The van der Waals surface area contributed by atoms with Gasteiger partial charge >= 0.3 is 0 Å². The topological polar surface area (TPSA) is 90.9 Å². The minimum absolute atomic E-state index is 0.0498. The van der Waals surface area contributed by atoms with Crippen LogP contribution in [0, 0.1) is 6.92 Å². The second kappa shape index (κ2) is 10.7. The van der Waals surface area contributed by atoms with Gasteiger partial charge in [-0.15, -0.1) is 0 Å². The van der Waals surface area contributed by atoms with Crippen LogP contribution >= 0.6 is 11.8 Å². The van der Waals surface area contributed by atoms with Crippen LogP contribution in [-0.4, -0.2) is 46.1 Å². The number of benzene rings is 2. The third kappa shape index (κ3) is 6.22. The molecule has 1 fully saturated rings. The van der Waals surface area contributed by atoms with Crippen LogP contribution in [0.25, 0.3) is 0 Å². The second-order valence-electron chi connectivity index (χ2n) is 8.39. The molecule has 0 bridgehead atoms. The van der Waals surface area contributed by atoms with E-state index >= 15 is 0 Å². The summed E-state index contributed by atoms with van der Waals surface area (Å²) in [4.78, 5) is 43.7. The minimum atomic E-state index is -0.497. The molecular formula is C25H28N4O3S. The molecular weight excluding hydrogens is 436 g/mol. The molecule has 4 rings (SSSR count). The molecule has 1 saturated heterocycles. The lowest BCUT2D eigenvalue weighted by Gasteiger charge is -2.27. The van der Waals surface area contributed by atoms with Crippen LogP contribution in [0.2, 0.25) is 0 Å². The summed E-state index contributed by atoms with van der Waals surface area (Å²) in [7, 11) is 0. The molecule has 33 heavy (non-hydrogen) atoms. The van der Waals surface area contributed by atoms with Crippen molar-refractivity contribution >= 4 is 40.3 Å². The van der Waals surface area contributed by atoms with Crippen LogP contribution in [0.15, 0.2) is 53.5 Å². The Kier molecular flexibility index (Phi) is 7.44. The summed E-state index contributed by atoms with van der Waals surface area (Å²) < 4.78 is 0. The van der Waals surface area contributed by atoms with Crippen LogP contribution in [0.4, 0.5) is 5.69 Å². The molecule has 0 spiro atoms. The Morgan fingerprint density at radius 3 is 2.61 bits per heavy atom. The maximum Gasteiger partial charge on any atom is 0.262 e. The largest absolute Gasteiger partial charge is 0.351 e. The number of hydrogen-bond donors (Lipinski definition) is 2. The highest BCUT2D eigenvalue weighted by molar-refractivity contribution is 8.15. The van der Waals surface area contributed by atoms with E-state index in [0.717, 1.165) is 36.7 Å². The summed E-state index contributed by atoms with van der Waals surface area (Å²) in [6.45, 7) is 4.27. The summed E-state index contributed by atoms with van der Waals surface area (Å²) in [5.74, 6) is -0.735. The third-order valence-corrected chi connectivity index (χ3v) is 6.92. The number of thioether (sulfide) groups is 1. The van der Waals surface area contributed by atoms with Gasteiger partial charge in [0.15, 0.2) is 5.17 Å². The summed E-state index contributed by atoms with van der Waals surface area (Å²) in [5.41, 5.74) is 3.17. The number of nitrogens with zero attached hydrogens (tertiary/aromatic N) is 2. The quantitative estimate of drug-likeness (QED) is 0.680. The Morgan fingerprint density at radius 2 is 1.85 bits per heavy atom. The van der Waals surface area contributed by atoms with E-state index in [9.17, 15) is 14.4 Å². The van der Waals surface area contributed by atoms with Gasteiger partial charge in [-0.1, -0.05) is 47.7 Å². The van der Waals surface area contributed by atoms with Gasteiger partial charge in [0, 0.05) is 37.3 Å². The van der Waals surface area contributed by atoms with Crippen molar-refractivity contribution in [2.45, 2.75) is 44.4 Å². The predicted molar refractivity (Wildman–Crippen MR) is 131 cm³/mol. The molecule has 0 saturated carbocycles. The van der Waals surface area contributed by atoms with E-state index in [-0.39, 0.29) is 24.1 Å². The van der Waals surface area contributed by atoms with Crippen molar-refractivity contribution in [3.8, 4) is 0 Å². The van der Waals surface area contributed by atoms with Gasteiger partial charge in [0.1, 0.15) is 5.25 Å². The van der Waals surface area contributed by atoms with Crippen LogP contribution in [0.3, 0.4) is 0 Å². The Bertz CT molecular complexity index is 1060. The zero-order valence-electron chi connectivity index (χ0n) is 18.7. The zero-order valence-corrected chi connectivity index (χ0v) is 19.5. The van der Waals surface area contributed by atoms with Gasteiger partial charge < -0.3 is 15.5 Å². The molecule has 2 heterocycles. The third-order valence-electron chi connectivity index (χ3n) is 5.71. The molecule has 2 N–H and O–H groups in total. The molecule has 172 valence electrons. The lowest BCUT2D eigenvalue weighted by atomic mass is 10.1. The number of likely N-dealkylation sites (tertiary alicyclic amines) is 1. The molecule has 2 aliphatic rings. The smallest absolute Gasteiger partial charge is 0.262 e. The minimum Gasteiger partial charge on any atom is -0.351 e. The molecule has 1 atom stereocenters. The number of aliphatic imine (C=N–C) groups is 1. The van der Waals surface area contributed by atoms with Crippen molar-refractivity contribution in [3.63, 3.8) is 0 Å². The number of aryl methyl sites for hydroxylation is 1. The molecule has 3 amide bonds. The highest BCUT2D eigenvalue weighted by Crippen LogP contribution is 2.29. The fourth-order valence-electron chi connectivity index (χ4n) is 3.84. The second-order valence-corrected chi connectivity index (χ2v) is 9.56. The maximum absolute atomic E-state index is 12.6. The van der Waals surface area contributed by atoms with E-state index in [4.69, 9.17) is 0 Å². The fourth-order valence-corrected chi connectivity index (χ4v) is 4.96. The molecule has 2 aromatic rings. The predicted octanol–water partition coefficient (Wildman–Crippen LogP) is 3.74. The number of carbonyl (C=O) groups is 3. The van der Waals surface area contributed by atoms with Gasteiger partial charge in [0.2, 0.25) is 5.91 Å². The zero-order chi connectivity index (χ0) is 23.2. The summed E-state index contributed by atoms with van der Waals surface area (Å²) >= 11 is 1.38. The first-order valence-electron chi connectivity index (χ1n) is 11.3. The SMILES string of the molecule is Cc1ccc(CNC(=O)c2cccc(NC(=O)C[C@@H]3SC(N4CCCCC4)=NC3=O)c2)cc1. The van der Waals surface area contributed by atoms with Gasteiger partial charge in [0.25, 0.3) is 11.8 Å². The van der Waals surface area contributed by atoms with E-state index < -0.39 is 5.25 Å².